The number of carboxylic acids is 1. The Bertz CT molecular complexity index is 320. The number of carboxylic acid groups (broad SMARTS) is 1. The Morgan fingerprint density at radius 3 is 1.90 bits per heavy atom. The minimum atomic E-state index is -1.98. The Labute approximate surface area is 125 Å². The molecule has 0 heterocycles. The highest BCUT2D eigenvalue weighted by molar-refractivity contribution is 6.77. The molecule has 0 radical (unpaired) electrons. The van der Waals surface area contributed by atoms with Crippen LogP contribution in [0.25, 0.3) is 0 Å². The molecule has 0 aromatic rings. The molecular formula is C16H30O3Si. The first-order chi connectivity index (χ1) is 9.18. The van der Waals surface area contributed by atoms with Crippen molar-refractivity contribution in [1.29, 1.82) is 0 Å². The van der Waals surface area contributed by atoms with Gasteiger partial charge in [-0.3, -0.25) is 4.79 Å². The molecule has 0 aromatic heterocycles. The summed E-state index contributed by atoms with van der Waals surface area (Å²) in [4.78, 5) is 10.6. The molecule has 0 fully saturated rings. The predicted octanol–water partition coefficient (Wildman–Crippen LogP) is 4.44. The topological polar surface area (TPSA) is 46.5 Å². The molecule has 0 aliphatic heterocycles. The van der Waals surface area contributed by atoms with E-state index in [1.54, 1.807) is 0 Å². The quantitative estimate of drug-likeness (QED) is 0.506. The Hall–Kier alpha value is -0.793. The first kappa shape index (κ1) is 19.2. The van der Waals surface area contributed by atoms with E-state index in [0.717, 1.165) is 0 Å². The Balaban J connectivity index is 4.94. The van der Waals surface area contributed by atoms with Gasteiger partial charge in [0.05, 0.1) is 0 Å². The Morgan fingerprint density at radius 2 is 1.60 bits per heavy atom. The fourth-order valence-corrected chi connectivity index (χ4v) is 8.76. The molecule has 0 unspecified atom stereocenters. The van der Waals surface area contributed by atoms with Crippen molar-refractivity contribution in [2.24, 2.45) is 0 Å². The molecule has 0 amide bonds. The van der Waals surface area contributed by atoms with E-state index in [9.17, 15) is 4.79 Å². The lowest BCUT2D eigenvalue weighted by Crippen LogP contribution is -2.50. The molecule has 1 atom stereocenters. The van der Waals surface area contributed by atoms with Crippen molar-refractivity contribution in [1.82, 2.24) is 0 Å². The SMILES string of the molecule is C#C[C@H](CCCC(=O)O)O[Si](C(C)C)(C(C)C)C(C)C. The number of carbonyl (C=O) groups is 1. The minimum absolute atomic E-state index is 0.154. The third kappa shape index (κ3) is 4.95. The molecule has 4 heteroatoms. The summed E-state index contributed by atoms with van der Waals surface area (Å²) in [7, 11) is -1.98. The van der Waals surface area contributed by atoms with E-state index in [0.29, 0.717) is 29.5 Å². The van der Waals surface area contributed by atoms with E-state index in [2.05, 4.69) is 47.5 Å². The van der Waals surface area contributed by atoms with Crippen LogP contribution in [0, 0.1) is 12.3 Å². The molecule has 0 saturated heterocycles. The van der Waals surface area contributed by atoms with Crippen LogP contribution >= 0.6 is 0 Å². The van der Waals surface area contributed by atoms with E-state index in [1.165, 1.54) is 0 Å². The van der Waals surface area contributed by atoms with E-state index in [4.69, 9.17) is 16.0 Å². The number of hydrogen-bond donors (Lipinski definition) is 1. The van der Waals surface area contributed by atoms with Crippen LogP contribution in [0.3, 0.4) is 0 Å². The normalized spacial score (nSPS) is 13.8. The molecule has 0 rings (SSSR count). The molecule has 0 bridgehead atoms. The van der Waals surface area contributed by atoms with Gasteiger partial charge in [-0.05, 0) is 29.5 Å². The van der Waals surface area contributed by atoms with Gasteiger partial charge in [-0.25, -0.2) is 0 Å². The van der Waals surface area contributed by atoms with Crippen molar-refractivity contribution in [3.8, 4) is 12.3 Å². The molecule has 3 nitrogen and oxygen atoms in total. The largest absolute Gasteiger partial charge is 0.481 e. The van der Waals surface area contributed by atoms with Gasteiger partial charge >= 0.3 is 5.97 Å². The number of terminal acetylenes is 1. The zero-order valence-corrected chi connectivity index (χ0v) is 14.8. The fourth-order valence-electron chi connectivity index (χ4n) is 3.27. The summed E-state index contributed by atoms with van der Waals surface area (Å²) < 4.78 is 6.46. The highest BCUT2D eigenvalue weighted by Crippen LogP contribution is 2.43. The summed E-state index contributed by atoms with van der Waals surface area (Å²) in [5, 5.41) is 8.71. The van der Waals surface area contributed by atoms with Gasteiger partial charge in [0.15, 0.2) is 0 Å². The standard InChI is InChI=1S/C16H30O3Si/c1-8-15(10-9-11-16(17)18)19-20(12(2)3,13(4)5)14(6)7/h1,12-15H,9-11H2,2-7H3,(H,17,18)/t15-/m1/s1. The van der Waals surface area contributed by atoms with Gasteiger partial charge in [0.1, 0.15) is 6.10 Å². The van der Waals surface area contributed by atoms with Gasteiger partial charge < -0.3 is 9.53 Å². The van der Waals surface area contributed by atoms with Gasteiger partial charge in [0.25, 0.3) is 0 Å². The van der Waals surface area contributed by atoms with Crippen molar-refractivity contribution in [2.75, 3.05) is 0 Å². The van der Waals surface area contributed by atoms with Crippen LogP contribution in [0.5, 0.6) is 0 Å². The van der Waals surface area contributed by atoms with Crippen molar-refractivity contribution in [3.05, 3.63) is 0 Å². The first-order valence-electron chi connectivity index (χ1n) is 7.54. The maximum absolute atomic E-state index is 10.6. The van der Waals surface area contributed by atoms with Crippen LogP contribution in [0.15, 0.2) is 0 Å². The van der Waals surface area contributed by atoms with Crippen molar-refractivity contribution >= 4 is 14.3 Å². The molecular weight excluding hydrogens is 268 g/mol. The molecule has 0 aliphatic carbocycles. The highest BCUT2D eigenvalue weighted by atomic mass is 28.4. The molecule has 0 aromatic carbocycles. The summed E-state index contributed by atoms with van der Waals surface area (Å²) >= 11 is 0. The lowest BCUT2D eigenvalue weighted by molar-refractivity contribution is -0.137. The number of rotatable bonds is 9. The van der Waals surface area contributed by atoms with Crippen LogP contribution in [0.4, 0.5) is 0 Å². The van der Waals surface area contributed by atoms with Crippen LogP contribution < -0.4 is 0 Å². The van der Waals surface area contributed by atoms with E-state index >= 15 is 0 Å². The molecule has 20 heavy (non-hydrogen) atoms. The fraction of sp³-hybridized carbons (Fsp3) is 0.812. The maximum Gasteiger partial charge on any atom is 0.303 e. The monoisotopic (exact) mass is 298 g/mol. The lowest BCUT2D eigenvalue weighted by atomic mass is 10.2. The van der Waals surface area contributed by atoms with Crippen molar-refractivity contribution in [3.63, 3.8) is 0 Å². The van der Waals surface area contributed by atoms with E-state index in [1.807, 2.05) is 0 Å². The summed E-state index contributed by atoms with van der Waals surface area (Å²) in [5.74, 6) is 1.94. The average Bonchev–Trinajstić information content (AvgIpc) is 2.31. The molecule has 0 aliphatic rings. The third-order valence-corrected chi connectivity index (χ3v) is 10.2. The molecule has 116 valence electrons. The zero-order chi connectivity index (χ0) is 15.9. The lowest BCUT2D eigenvalue weighted by Gasteiger charge is -2.43. The molecule has 1 N–H and O–H groups in total. The van der Waals surface area contributed by atoms with Crippen LogP contribution in [0.1, 0.15) is 60.8 Å². The zero-order valence-electron chi connectivity index (χ0n) is 13.8. The van der Waals surface area contributed by atoms with Gasteiger partial charge in [0, 0.05) is 6.42 Å². The van der Waals surface area contributed by atoms with Gasteiger partial charge in [-0.2, -0.15) is 0 Å². The Kier molecular flexibility index (Phi) is 8.15. The number of aliphatic carboxylic acids is 1. The average molecular weight is 298 g/mol. The smallest absolute Gasteiger partial charge is 0.303 e. The number of hydrogen-bond acceptors (Lipinski definition) is 2. The Morgan fingerprint density at radius 1 is 1.15 bits per heavy atom. The van der Waals surface area contributed by atoms with Crippen LogP contribution in [-0.4, -0.2) is 25.5 Å². The first-order valence-corrected chi connectivity index (χ1v) is 9.68. The summed E-state index contributed by atoms with van der Waals surface area (Å²) in [6.45, 7) is 13.3. The molecule has 0 spiro atoms. The van der Waals surface area contributed by atoms with Gasteiger partial charge in [0.2, 0.25) is 8.32 Å². The summed E-state index contributed by atoms with van der Waals surface area (Å²) in [6, 6.07) is 0. The van der Waals surface area contributed by atoms with Gasteiger partial charge in [-0.15, -0.1) is 6.42 Å². The second-order valence-corrected chi connectivity index (χ2v) is 11.8. The van der Waals surface area contributed by atoms with Crippen molar-refractivity contribution < 1.29 is 14.3 Å². The highest BCUT2D eigenvalue weighted by Gasteiger charge is 2.46. The second-order valence-electron chi connectivity index (χ2n) is 6.38. The molecule has 0 saturated carbocycles. The minimum Gasteiger partial charge on any atom is -0.481 e. The van der Waals surface area contributed by atoms with Crippen molar-refractivity contribution in [2.45, 2.75) is 83.5 Å². The third-order valence-electron chi connectivity index (χ3n) is 4.10. The maximum atomic E-state index is 10.6. The summed E-state index contributed by atoms with van der Waals surface area (Å²) in [6.07, 6.45) is 6.70. The predicted molar refractivity (Wildman–Crippen MR) is 86.2 cm³/mol. The van der Waals surface area contributed by atoms with E-state index in [-0.39, 0.29) is 12.5 Å². The van der Waals surface area contributed by atoms with Gasteiger partial charge in [-0.1, -0.05) is 47.5 Å². The van der Waals surface area contributed by atoms with Crippen LogP contribution in [-0.2, 0) is 9.22 Å². The van der Waals surface area contributed by atoms with Crippen LogP contribution in [0.2, 0.25) is 16.6 Å². The van der Waals surface area contributed by atoms with E-state index < -0.39 is 14.3 Å². The second kappa shape index (κ2) is 8.48. The summed E-state index contributed by atoms with van der Waals surface area (Å²) in [5.41, 5.74) is 1.45.